The Morgan fingerprint density at radius 2 is 2.14 bits per heavy atom. The first-order chi connectivity index (χ1) is 6.51. The monoisotopic (exact) mass is 208 g/mol. The van der Waals surface area contributed by atoms with Crippen LogP contribution < -0.4 is 0 Å². The average molecular weight is 208 g/mol. The molecule has 0 aromatic rings. The minimum absolute atomic E-state index is 0.507. The van der Waals surface area contributed by atoms with Gasteiger partial charge in [-0.15, -0.1) is 11.8 Å². The first kappa shape index (κ1) is 9.33. The molecule has 78 valence electrons. The Morgan fingerprint density at radius 3 is 2.79 bits per heavy atom. The second kappa shape index (κ2) is 2.42. The molecule has 0 N–H and O–H groups in total. The molecule has 14 heavy (non-hydrogen) atoms. The highest BCUT2D eigenvalue weighted by Gasteiger charge is 2.71. The van der Waals surface area contributed by atoms with E-state index in [1.54, 1.807) is 5.57 Å². The average Bonchev–Trinajstić information content (AvgIpc) is 2.49. The van der Waals surface area contributed by atoms with Gasteiger partial charge in [0.05, 0.1) is 0 Å². The molecule has 1 saturated carbocycles. The number of allylic oxidation sites excluding steroid dienone is 1. The molecule has 0 aromatic carbocycles. The molecule has 1 heteroatoms. The molecule has 4 atom stereocenters. The lowest BCUT2D eigenvalue weighted by molar-refractivity contribution is 0.329. The second-order valence-electron chi connectivity index (χ2n) is 5.91. The van der Waals surface area contributed by atoms with Gasteiger partial charge in [-0.2, -0.15) is 0 Å². The summed E-state index contributed by atoms with van der Waals surface area (Å²) in [5.74, 6) is 0.977. The number of rotatable bonds is 1. The van der Waals surface area contributed by atoms with Gasteiger partial charge in [-0.05, 0) is 17.8 Å². The fourth-order valence-electron chi connectivity index (χ4n) is 3.86. The number of thioether (sulfide) groups is 1. The Kier molecular flexibility index (Phi) is 1.62. The zero-order valence-electron chi connectivity index (χ0n) is 9.63. The molecule has 4 unspecified atom stereocenters. The third kappa shape index (κ3) is 0.801. The van der Waals surface area contributed by atoms with Crippen LogP contribution in [0.25, 0.3) is 0 Å². The van der Waals surface area contributed by atoms with Crippen LogP contribution in [-0.2, 0) is 0 Å². The summed E-state index contributed by atoms with van der Waals surface area (Å²) in [6.07, 6.45) is 5.42. The molecule has 0 amide bonds. The molecule has 0 radical (unpaired) electrons. The fraction of sp³-hybridized carbons (Fsp3) is 0.846. The van der Waals surface area contributed by atoms with Crippen molar-refractivity contribution in [3.05, 3.63) is 11.6 Å². The summed E-state index contributed by atoms with van der Waals surface area (Å²) in [6, 6.07) is 0. The topological polar surface area (TPSA) is 0 Å². The van der Waals surface area contributed by atoms with Crippen molar-refractivity contribution in [2.45, 2.75) is 51.0 Å². The summed E-state index contributed by atoms with van der Waals surface area (Å²) < 4.78 is 0. The van der Waals surface area contributed by atoms with Gasteiger partial charge in [0, 0.05) is 15.9 Å². The first-order valence-electron chi connectivity index (χ1n) is 5.90. The van der Waals surface area contributed by atoms with Crippen LogP contribution in [0.4, 0.5) is 0 Å². The first-order valence-corrected chi connectivity index (χ1v) is 6.84. The Bertz CT molecular complexity index is 315. The molecule has 1 saturated heterocycles. The van der Waals surface area contributed by atoms with Gasteiger partial charge in [0.1, 0.15) is 0 Å². The molecule has 3 aliphatic rings. The van der Waals surface area contributed by atoms with Crippen molar-refractivity contribution in [3.63, 3.8) is 0 Å². The largest absolute Gasteiger partial charge is 0.150 e. The van der Waals surface area contributed by atoms with E-state index in [9.17, 15) is 0 Å². The van der Waals surface area contributed by atoms with E-state index < -0.39 is 0 Å². The van der Waals surface area contributed by atoms with E-state index in [-0.39, 0.29) is 0 Å². The van der Waals surface area contributed by atoms with Crippen molar-refractivity contribution in [2.24, 2.45) is 16.7 Å². The minimum Gasteiger partial charge on any atom is -0.150 e. The molecular weight excluding hydrogens is 188 g/mol. The summed E-state index contributed by atoms with van der Waals surface area (Å²) >= 11 is 2.26. The maximum absolute atomic E-state index is 2.59. The van der Waals surface area contributed by atoms with E-state index in [1.165, 1.54) is 12.8 Å². The predicted molar refractivity (Wildman–Crippen MR) is 63.5 cm³/mol. The van der Waals surface area contributed by atoms with E-state index in [4.69, 9.17) is 0 Å². The lowest BCUT2D eigenvalue weighted by Gasteiger charge is -2.27. The molecule has 3 rings (SSSR count). The summed E-state index contributed by atoms with van der Waals surface area (Å²) in [6.45, 7) is 9.74. The smallest absolute Gasteiger partial charge is 0.0236 e. The molecule has 2 fully saturated rings. The van der Waals surface area contributed by atoms with Crippen LogP contribution in [0.15, 0.2) is 11.6 Å². The van der Waals surface area contributed by atoms with Crippen LogP contribution in [0.1, 0.15) is 40.5 Å². The van der Waals surface area contributed by atoms with Crippen LogP contribution >= 0.6 is 11.8 Å². The minimum atomic E-state index is 0.507. The highest BCUT2D eigenvalue weighted by Crippen LogP contribution is 2.77. The Hall–Kier alpha value is 0.0900. The second-order valence-corrected chi connectivity index (χ2v) is 7.29. The number of fused-ring (bicyclic) bond motifs is 4. The van der Waals surface area contributed by atoms with Gasteiger partial charge < -0.3 is 0 Å². The van der Waals surface area contributed by atoms with E-state index in [0.717, 1.165) is 16.4 Å². The van der Waals surface area contributed by atoms with Crippen LogP contribution in [-0.4, -0.2) is 10.5 Å². The molecule has 2 aliphatic heterocycles. The summed E-state index contributed by atoms with van der Waals surface area (Å²) in [7, 11) is 0. The van der Waals surface area contributed by atoms with Gasteiger partial charge in [0.15, 0.2) is 0 Å². The van der Waals surface area contributed by atoms with Gasteiger partial charge in [-0.3, -0.25) is 0 Å². The summed E-state index contributed by atoms with van der Waals surface area (Å²) in [4.78, 5) is 0. The molecule has 2 bridgehead atoms. The third-order valence-corrected chi connectivity index (χ3v) is 7.03. The Labute approximate surface area is 91.5 Å². The van der Waals surface area contributed by atoms with Crippen LogP contribution in [0.3, 0.4) is 0 Å². The Morgan fingerprint density at radius 1 is 1.43 bits per heavy atom. The normalized spacial score (nSPS) is 52.6. The zero-order chi connectivity index (χ0) is 10.1. The summed E-state index contributed by atoms with van der Waals surface area (Å²) in [5, 5.41) is 1.78. The van der Waals surface area contributed by atoms with Crippen molar-refractivity contribution in [2.75, 3.05) is 0 Å². The van der Waals surface area contributed by atoms with E-state index in [1.807, 2.05) is 0 Å². The van der Waals surface area contributed by atoms with E-state index in [2.05, 4.69) is 45.5 Å². The standard InChI is InChI=1S/C13H20S/c1-5-8-6-9-7-10-12(2,3)13(10,4)11(8)14-9/h7-9,11H,5-6H2,1-4H3. The molecule has 0 aromatic heterocycles. The van der Waals surface area contributed by atoms with Crippen LogP contribution in [0.5, 0.6) is 0 Å². The van der Waals surface area contributed by atoms with Crippen LogP contribution in [0.2, 0.25) is 0 Å². The fourth-order valence-corrected chi connectivity index (χ4v) is 6.03. The van der Waals surface area contributed by atoms with E-state index >= 15 is 0 Å². The lowest BCUT2D eigenvalue weighted by Crippen LogP contribution is -2.25. The van der Waals surface area contributed by atoms with Crippen molar-refractivity contribution in [1.29, 1.82) is 0 Å². The van der Waals surface area contributed by atoms with Gasteiger partial charge in [-0.25, -0.2) is 0 Å². The number of hydrogen-bond donors (Lipinski definition) is 0. The predicted octanol–water partition coefficient (Wildman–Crippen LogP) is 3.87. The highest BCUT2D eigenvalue weighted by atomic mass is 32.2. The Balaban J connectivity index is 2.03. The number of hydrogen-bond acceptors (Lipinski definition) is 1. The molecule has 0 nitrogen and oxygen atoms in total. The van der Waals surface area contributed by atoms with Crippen molar-refractivity contribution < 1.29 is 0 Å². The molecule has 2 heterocycles. The highest BCUT2D eigenvalue weighted by molar-refractivity contribution is 8.01. The maximum Gasteiger partial charge on any atom is 0.0236 e. The van der Waals surface area contributed by atoms with Gasteiger partial charge in [0.25, 0.3) is 0 Å². The maximum atomic E-state index is 2.59. The van der Waals surface area contributed by atoms with Crippen molar-refractivity contribution in [3.8, 4) is 0 Å². The summed E-state index contributed by atoms with van der Waals surface area (Å²) in [5.41, 5.74) is 2.83. The molecule has 0 spiro atoms. The molecular formula is C13H20S. The van der Waals surface area contributed by atoms with E-state index in [0.29, 0.717) is 10.8 Å². The molecule has 1 aliphatic carbocycles. The van der Waals surface area contributed by atoms with Crippen molar-refractivity contribution in [1.82, 2.24) is 0 Å². The van der Waals surface area contributed by atoms with Gasteiger partial charge in [0.2, 0.25) is 0 Å². The van der Waals surface area contributed by atoms with Crippen molar-refractivity contribution >= 4 is 11.8 Å². The van der Waals surface area contributed by atoms with Gasteiger partial charge in [-0.1, -0.05) is 45.8 Å². The van der Waals surface area contributed by atoms with Gasteiger partial charge >= 0.3 is 0 Å². The van der Waals surface area contributed by atoms with Crippen LogP contribution in [0, 0.1) is 16.7 Å². The zero-order valence-corrected chi connectivity index (χ0v) is 10.4. The lowest BCUT2D eigenvalue weighted by atomic mass is 9.84. The SMILES string of the molecule is CCC1CC2C=C3C(C)(C)C3(C)C1S2. The quantitative estimate of drug-likeness (QED) is 0.589. The third-order valence-electron chi connectivity index (χ3n) is 5.20.